The Morgan fingerprint density at radius 2 is 2.26 bits per heavy atom. The summed E-state index contributed by atoms with van der Waals surface area (Å²) in [5.74, 6) is -0.324. The van der Waals surface area contributed by atoms with E-state index in [-0.39, 0.29) is 41.8 Å². The summed E-state index contributed by atoms with van der Waals surface area (Å²) in [6, 6.07) is 3.19. The Kier molecular flexibility index (Phi) is 5.26. The van der Waals surface area contributed by atoms with E-state index in [2.05, 4.69) is 10.3 Å². The maximum atomic E-state index is 12.3. The monoisotopic (exact) mass is 342 g/mol. The third-order valence-electron chi connectivity index (χ3n) is 3.51. The van der Waals surface area contributed by atoms with Crippen molar-refractivity contribution >= 4 is 15.7 Å². The topological polar surface area (TPSA) is 106 Å². The molecule has 2 heterocycles. The van der Waals surface area contributed by atoms with Crippen LogP contribution >= 0.6 is 0 Å². The first-order chi connectivity index (χ1) is 10.7. The summed E-state index contributed by atoms with van der Waals surface area (Å²) in [6.07, 6.45) is 1.66. The van der Waals surface area contributed by atoms with Gasteiger partial charge in [0.05, 0.1) is 23.7 Å². The lowest BCUT2D eigenvalue weighted by atomic mass is 10.0. The van der Waals surface area contributed by atoms with Gasteiger partial charge in [0, 0.05) is 12.7 Å². The second kappa shape index (κ2) is 6.84. The summed E-state index contributed by atoms with van der Waals surface area (Å²) in [4.78, 5) is 16.3. The van der Waals surface area contributed by atoms with Gasteiger partial charge in [-0.3, -0.25) is 4.79 Å². The number of rotatable bonds is 6. The lowest BCUT2D eigenvalue weighted by Crippen LogP contribution is -2.44. The van der Waals surface area contributed by atoms with Gasteiger partial charge in [-0.25, -0.2) is 13.4 Å². The van der Waals surface area contributed by atoms with E-state index in [9.17, 15) is 18.3 Å². The first-order valence-electron chi connectivity index (χ1n) is 7.50. The molecule has 1 amide bonds. The zero-order chi connectivity index (χ0) is 17.1. The molecule has 1 aromatic rings. The Hall–Kier alpha value is -1.67. The van der Waals surface area contributed by atoms with Crippen LogP contribution in [-0.4, -0.2) is 54.7 Å². The summed E-state index contributed by atoms with van der Waals surface area (Å²) in [5, 5.41) is 12.8. The highest BCUT2D eigenvalue weighted by atomic mass is 32.2. The van der Waals surface area contributed by atoms with E-state index in [1.165, 1.54) is 6.20 Å². The molecule has 2 rings (SSSR count). The third kappa shape index (κ3) is 4.90. The minimum absolute atomic E-state index is 0.0605. The molecule has 0 radical (unpaired) electrons. The van der Waals surface area contributed by atoms with Crippen molar-refractivity contribution in [2.24, 2.45) is 5.92 Å². The molecule has 0 bridgehead atoms. The molecule has 1 aliphatic heterocycles. The van der Waals surface area contributed by atoms with E-state index in [0.717, 1.165) is 0 Å². The third-order valence-corrected chi connectivity index (χ3v) is 5.32. The van der Waals surface area contributed by atoms with E-state index < -0.39 is 21.3 Å². The molecule has 1 unspecified atom stereocenters. The van der Waals surface area contributed by atoms with Crippen molar-refractivity contribution in [2.75, 3.05) is 24.7 Å². The summed E-state index contributed by atoms with van der Waals surface area (Å²) >= 11 is 0. The molecule has 1 aromatic heterocycles. The first kappa shape index (κ1) is 17.7. The number of pyridine rings is 1. The van der Waals surface area contributed by atoms with Crippen LogP contribution < -0.4 is 10.1 Å². The summed E-state index contributed by atoms with van der Waals surface area (Å²) in [7, 11) is -3.23. The molecule has 0 aliphatic carbocycles. The zero-order valence-corrected chi connectivity index (χ0v) is 14.1. The second-order valence-electron chi connectivity index (χ2n) is 6.31. The maximum absolute atomic E-state index is 12.3. The fraction of sp³-hybridized carbons (Fsp3) is 0.600. The Labute approximate surface area is 136 Å². The fourth-order valence-electron chi connectivity index (χ4n) is 2.30. The lowest BCUT2D eigenvalue weighted by molar-refractivity contribution is 0.0607. The van der Waals surface area contributed by atoms with Gasteiger partial charge < -0.3 is 15.2 Å². The quantitative estimate of drug-likeness (QED) is 0.775. The highest BCUT2D eigenvalue weighted by Gasteiger charge is 2.40. The highest BCUT2D eigenvalue weighted by Crippen LogP contribution is 2.23. The molecule has 1 saturated heterocycles. The molecule has 23 heavy (non-hydrogen) atoms. The molecule has 7 nitrogen and oxygen atoms in total. The number of aliphatic hydroxyl groups is 1. The van der Waals surface area contributed by atoms with E-state index in [1.807, 2.05) is 13.8 Å². The largest absolute Gasteiger partial charge is 0.477 e. The minimum atomic E-state index is -3.23. The van der Waals surface area contributed by atoms with Gasteiger partial charge in [0.2, 0.25) is 5.88 Å². The molecule has 2 N–H and O–H groups in total. The van der Waals surface area contributed by atoms with Crippen LogP contribution in [0.25, 0.3) is 0 Å². The number of ether oxygens (including phenoxy) is 1. The van der Waals surface area contributed by atoms with Gasteiger partial charge in [0.1, 0.15) is 5.56 Å². The van der Waals surface area contributed by atoms with Crippen molar-refractivity contribution < 1.29 is 23.1 Å². The van der Waals surface area contributed by atoms with Crippen LogP contribution in [0.15, 0.2) is 18.3 Å². The van der Waals surface area contributed by atoms with Gasteiger partial charge in [-0.05, 0) is 24.5 Å². The van der Waals surface area contributed by atoms with Crippen LogP contribution in [0.3, 0.4) is 0 Å². The number of hydrogen-bond acceptors (Lipinski definition) is 6. The molecule has 128 valence electrons. The maximum Gasteiger partial charge on any atom is 0.256 e. The van der Waals surface area contributed by atoms with Crippen LogP contribution in [0.5, 0.6) is 5.88 Å². The van der Waals surface area contributed by atoms with E-state index in [4.69, 9.17) is 4.74 Å². The van der Waals surface area contributed by atoms with Crippen LogP contribution in [0.1, 0.15) is 30.6 Å². The summed E-state index contributed by atoms with van der Waals surface area (Å²) < 4.78 is 28.4. The van der Waals surface area contributed by atoms with E-state index in [0.29, 0.717) is 6.61 Å². The number of sulfone groups is 1. The van der Waals surface area contributed by atoms with Crippen molar-refractivity contribution in [1.82, 2.24) is 10.3 Å². The molecule has 0 saturated carbocycles. The molecule has 1 atom stereocenters. The minimum Gasteiger partial charge on any atom is -0.477 e. The number of nitrogens with zero attached hydrogens (tertiary/aromatic N) is 1. The van der Waals surface area contributed by atoms with Crippen LogP contribution in [-0.2, 0) is 9.84 Å². The van der Waals surface area contributed by atoms with Gasteiger partial charge in [-0.2, -0.15) is 0 Å². The summed E-state index contributed by atoms with van der Waals surface area (Å²) in [6.45, 7) is 4.28. The van der Waals surface area contributed by atoms with Crippen molar-refractivity contribution in [1.29, 1.82) is 0 Å². The smallest absolute Gasteiger partial charge is 0.256 e. The van der Waals surface area contributed by atoms with Crippen LogP contribution in [0, 0.1) is 5.92 Å². The first-order valence-corrected chi connectivity index (χ1v) is 9.32. The Morgan fingerprint density at radius 3 is 2.87 bits per heavy atom. The Bertz CT molecular complexity index is 674. The Morgan fingerprint density at radius 1 is 1.52 bits per heavy atom. The number of carbonyl (C=O) groups excluding carboxylic acids is 1. The molecule has 8 heteroatoms. The number of amides is 1. The van der Waals surface area contributed by atoms with Gasteiger partial charge in [0.25, 0.3) is 5.91 Å². The second-order valence-corrected chi connectivity index (χ2v) is 8.49. The van der Waals surface area contributed by atoms with Crippen LogP contribution in [0.2, 0.25) is 0 Å². The molecule has 1 aliphatic rings. The molecular weight excluding hydrogens is 320 g/mol. The Balaban J connectivity index is 2.01. The lowest BCUT2D eigenvalue weighted by Gasteiger charge is -2.21. The number of carbonyl (C=O) groups is 1. The van der Waals surface area contributed by atoms with Crippen molar-refractivity contribution in [3.63, 3.8) is 0 Å². The van der Waals surface area contributed by atoms with Gasteiger partial charge in [-0.15, -0.1) is 0 Å². The molecule has 0 aromatic carbocycles. The normalized spacial score (nSPS) is 23.0. The van der Waals surface area contributed by atoms with Crippen molar-refractivity contribution in [2.45, 2.75) is 25.9 Å². The average Bonchev–Trinajstić information content (AvgIpc) is 2.77. The van der Waals surface area contributed by atoms with Gasteiger partial charge in [0.15, 0.2) is 9.84 Å². The van der Waals surface area contributed by atoms with Crippen molar-refractivity contribution in [3.8, 4) is 5.88 Å². The highest BCUT2D eigenvalue weighted by molar-refractivity contribution is 7.91. The fourth-order valence-corrected chi connectivity index (χ4v) is 4.20. The molecule has 0 spiro atoms. The predicted octanol–water partition coefficient (Wildman–Crippen LogP) is 0.396. The van der Waals surface area contributed by atoms with Gasteiger partial charge in [-0.1, -0.05) is 13.8 Å². The number of nitrogens with one attached hydrogen (secondary N) is 1. The van der Waals surface area contributed by atoms with Crippen molar-refractivity contribution in [3.05, 3.63) is 23.9 Å². The number of aromatic nitrogens is 1. The predicted molar refractivity (Wildman–Crippen MR) is 85.1 cm³/mol. The molecule has 1 fully saturated rings. The SMILES string of the molecule is CC(C)COc1ncccc1C(=O)NCC1(O)CCS(=O)(=O)C1. The standard InChI is InChI=1S/C15H22N2O5S/c1-11(2)8-22-14-12(4-3-6-16-14)13(18)17-9-15(19)5-7-23(20,21)10-15/h3-4,6,11,19H,5,7-10H2,1-2H3,(H,17,18). The van der Waals surface area contributed by atoms with E-state index >= 15 is 0 Å². The average molecular weight is 342 g/mol. The van der Waals surface area contributed by atoms with Crippen LogP contribution in [0.4, 0.5) is 0 Å². The number of hydrogen-bond donors (Lipinski definition) is 2. The zero-order valence-electron chi connectivity index (χ0n) is 13.3. The molecular formula is C15H22N2O5S. The van der Waals surface area contributed by atoms with E-state index in [1.54, 1.807) is 12.1 Å². The summed E-state index contributed by atoms with van der Waals surface area (Å²) in [5.41, 5.74) is -1.15. The van der Waals surface area contributed by atoms with Gasteiger partial charge >= 0.3 is 0 Å².